The van der Waals surface area contributed by atoms with Gasteiger partial charge in [-0.1, -0.05) is 57.3 Å². The van der Waals surface area contributed by atoms with E-state index in [0.29, 0.717) is 38.5 Å². The smallest absolute Gasteiger partial charge is 0.308 e. The lowest BCUT2D eigenvalue weighted by atomic mass is 9.76. The minimum atomic E-state index is -1.45. The number of aliphatic hydroxyl groups excluding tert-OH is 1. The molecule has 348 valence electrons. The molecular weight excluding hydrogens is 809 g/mol. The van der Waals surface area contributed by atoms with Crippen LogP contribution in [0, 0.1) is 17.8 Å². The number of hydrogen-bond donors (Lipinski definition) is 2. The summed E-state index contributed by atoms with van der Waals surface area (Å²) in [6, 6.07) is 9.42. The van der Waals surface area contributed by atoms with E-state index in [-0.39, 0.29) is 92.5 Å². The summed E-state index contributed by atoms with van der Waals surface area (Å²) in [5.74, 6) is -2.03. The summed E-state index contributed by atoms with van der Waals surface area (Å²) in [7, 11) is 1.61. The van der Waals surface area contributed by atoms with Crippen molar-refractivity contribution < 1.29 is 62.4 Å². The maximum Gasteiger partial charge on any atom is 0.308 e. The van der Waals surface area contributed by atoms with Gasteiger partial charge in [-0.25, -0.2) is 0 Å². The summed E-state index contributed by atoms with van der Waals surface area (Å²) in [4.78, 5) is 27.2. The monoisotopic (exact) mass is 878 g/mol. The van der Waals surface area contributed by atoms with Gasteiger partial charge in [0, 0.05) is 57.5 Å². The van der Waals surface area contributed by atoms with Gasteiger partial charge in [-0.2, -0.15) is 0 Å². The fraction of sp³-hybridized carbons (Fsp3) is 0.760. The van der Waals surface area contributed by atoms with Crippen LogP contribution in [0.5, 0.6) is 0 Å². The van der Waals surface area contributed by atoms with Crippen LogP contribution < -0.4 is 0 Å². The van der Waals surface area contributed by atoms with Crippen molar-refractivity contribution in [2.75, 3.05) is 7.11 Å². The molecule has 63 heavy (non-hydrogen) atoms. The van der Waals surface area contributed by atoms with Crippen molar-refractivity contribution in [2.24, 2.45) is 17.8 Å². The first-order valence-corrected chi connectivity index (χ1v) is 23.8. The highest BCUT2D eigenvalue weighted by Crippen LogP contribution is 2.52. The zero-order chi connectivity index (χ0) is 44.2. The van der Waals surface area contributed by atoms with Gasteiger partial charge in [0.15, 0.2) is 5.79 Å². The lowest BCUT2D eigenvalue weighted by Crippen LogP contribution is -2.68. The molecule has 1 aromatic rings. The fourth-order valence-corrected chi connectivity index (χ4v) is 12.3. The molecule has 0 aromatic heterocycles. The van der Waals surface area contributed by atoms with Crippen LogP contribution in [0.25, 0.3) is 0 Å². The largest absolute Gasteiger partial charge is 0.461 e. The quantitative estimate of drug-likeness (QED) is 0.235. The van der Waals surface area contributed by atoms with Crippen molar-refractivity contribution in [3.05, 3.63) is 60.2 Å². The molecule has 13 heteroatoms. The molecule has 8 aliphatic rings. The predicted octanol–water partition coefficient (Wildman–Crippen LogP) is 6.23. The van der Waals surface area contributed by atoms with E-state index in [1.807, 2.05) is 30.3 Å². The number of fused-ring (bicyclic) bond motifs is 8. The Morgan fingerprint density at radius 1 is 0.857 bits per heavy atom. The van der Waals surface area contributed by atoms with Gasteiger partial charge in [-0.3, -0.25) is 9.59 Å². The Hall–Kier alpha value is -2.56. The van der Waals surface area contributed by atoms with Gasteiger partial charge in [0.05, 0.1) is 79.2 Å². The third-order valence-electron chi connectivity index (χ3n) is 15.9. The third-order valence-corrected chi connectivity index (χ3v) is 15.9. The summed E-state index contributed by atoms with van der Waals surface area (Å²) in [5, 5.41) is 23.5. The van der Waals surface area contributed by atoms with Crippen molar-refractivity contribution >= 4 is 11.8 Å². The van der Waals surface area contributed by atoms with Crippen LogP contribution in [-0.4, -0.2) is 126 Å². The van der Waals surface area contributed by atoms with E-state index in [9.17, 15) is 19.8 Å². The van der Waals surface area contributed by atoms with Crippen LogP contribution in [0.15, 0.2) is 54.6 Å². The summed E-state index contributed by atoms with van der Waals surface area (Å²) in [6.07, 6.45) is 0.942. The molecule has 2 N–H and O–H groups in total. The molecule has 13 nitrogen and oxygen atoms in total. The van der Waals surface area contributed by atoms with Crippen molar-refractivity contribution in [1.82, 2.24) is 0 Å². The second-order valence-electron chi connectivity index (χ2n) is 20.5. The zero-order valence-corrected chi connectivity index (χ0v) is 37.6. The van der Waals surface area contributed by atoms with Crippen molar-refractivity contribution in [3.63, 3.8) is 0 Å². The summed E-state index contributed by atoms with van der Waals surface area (Å²) >= 11 is 0. The Morgan fingerprint density at radius 2 is 1.62 bits per heavy atom. The Morgan fingerprint density at radius 3 is 2.41 bits per heavy atom. The maximum absolute atomic E-state index is 14.4. The number of Topliss-reactive ketones (excluding diaryl/α,β-unsaturated/α-hetero) is 1. The van der Waals surface area contributed by atoms with E-state index in [2.05, 4.69) is 33.9 Å². The fourth-order valence-electron chi connectivity index (χ4n) is 12.3. The number of methoxy groups -OCH3 is 1. The third kappa shape index (κ3) is 9.67. The Kier molecular flexibility index (Phi) is 13.5. The highest BCUT2D eigenvalue weighted by Gasteiger charge is 2.65. The first kappa shape index (κ1) is 45.6. The van der Waals surface area contributed by atoms with E-state index in [1.165, 1.54) is 0 Å². The standard InChI is InChI=1S/C50H70O13/c1-27-18-34-12-13-38-28(2)19-35(57-38)15-17-50(54)25-42-30(4)44-46(61-42)47(63-50)48-49(5,62-44)16-14-36(59-48)20-32(51)21-37-40(24-39(58-34)29(27)3)60-41(45(37)55-6)22-33(52)23-43(53)56-26-31-10-8-7-9-11-31/h7-11,27,30,33-42,44-48,52,54H,2-3,12-26H2,1,4-6H3/t27-,30?,33?,34?,35?,36?,37?,38?,39?,40+,41-,42?,44+,45-,46?,47-,48-,49?,50+/m1/s1. The number of aliphatic hydroxyl groups is 2. The van der Waals surface area contributed by atoms with Crippen LogP contribution in [0.4, 0.5) is 0 Å². The van der Waals surface area contributed by atoms with E-state index in [0.717, 1.165) is 42.4 Å². The average Bonchev–Trinajstić information content (AvgIpc) is 3.83. The molecule has 0 spiro atoms. The lowest BCUT2D eigenvalue weighted by Gasteiger charge is -2.55. The molecule has 1 aromatic carbocycles. The number of carbonyl (C=O) groups is 2. The molecule has 8 fully saturated rings. The minimum Gasteiger partial charge on any atom is -0.461 e. The van der Waals surface area contributed by atoms with Gasteiger partial charge in [0.1, 0.15) is 30.7 Å². The van der Waals surface area contributed by atoms with E-state index < -0.39 is 66.2 Å². The Balaban J connectivity index is 0.957. The number of esters is 1. The molecule has 8 aliphatic heterocycles. The van der Waals surface area contributed by atoms with Gasteiger partial charge in [0.25, 0.3) is 0 Å². The first-order chi connectivity index (χ1) is 30.2. The molecule has 8 saturated heterocycles. The number of carbonyl (C=O) groups excluding carboxylic acids is 2. The van der Waals surface area contributed by atoms with Gasteiger partial charge < -0.3 is 52.8 Å². The normalized spacial score (nSPS) is 45.8. The molecule has 10 bridgehead atoms. The molecule has 11 unspecified atom stereocenters. The molecule has 9 rings (SSSR count). The minimum absolute atomic E-state index is 0.0149. The molecule has 0 radical (unpaired) electrons. The van der Waals surface area contributed by atoms with E-state index >= 15 is 0 Å². The number of ether oxygens (including phenoxy) is 9. The summed E-state index contributed by atoms with van der Waals surface area (Å²) < 4.78 is 59.1. The van der Waals surface area contributed by atoms with Crippen LogP contribution in [0.1, 0.15) is 116 Å². The SMILES string of the molecule is C=C1CC2CC[C@@]3(O)CC4OC5[C@@H](OC6(C)CCC(CC(=O)CC7[C@H](CC8OC(CCC1O2)C[C@@H](C)C8=C)O[C@H](CC(O)CC(=O)OCc1ccccc1)[C@@H]7OC)O[C@@H]6[C@@H]5O3)C4C. The summed E-state index contributed by atoms with van der Waals surface area (Å²) in [6.45, 7) is 15.4. The maximum atomic E-state index is 14.4. The molecule has 0 saturated carbocycles. The average molecular weight is 879 g/mol. The highest BCUT2D eigenvalue weighted by molar-refractivity contribution is 5.79. The molecule has 19 atom stereocenters. The van der Waals surface area contributed by atoms with Crippen LogP contribution in [0.3, 0.4) is 0 Å². The predicted molar refractivity (Wildman–Crippen MR) is 229 cm³/mol. The topological polar surface area (TPSA) is 158 Å². The van der Waals surface area contributed by atoms with Crippen LogP contribution in [0.2, 0.25) is 0 Å². The number of rotatable bonds is 7. The molecule has 0 amide bonds. The van der Waals surface area contributed by atoms with Crippen LogP contribution >= 0.6 is 0 Å². The van der Waals surface area contributed by atoms with Gasteiger partial charge >= 0.3 is 5.97 Å². The lowest BCUT2D eigenvalue weighted by molar-refractivity contribution is -0.340. The summed E-state index contributed by atoms with van der Waals surface area (Å²) in [5.41, 5.74) is 2.24. The van der Waals surface area contributed by atoms with Gasteiger partial charge in [-0.15, -0.1) is 0 Å². The van der Waals surface area contributed by atoms with Gasteiger partial charge in [-0.05, 0) is 74.5 Å². The number of benzene rings is 1. The molecule has 8 heterocycles. The molecule has 0 aliphatic carbocycles. The molecular formula is C50H70O13. The zero-order valence-electron chi connectivity index (χ0n) is 37.6. The Labute approximate surface area is 372 Å². The van der Waals surface area contributed by atoms with Gasteiger partial charge in [0.2, 0.25) is 0 Å². The number of ketones is 1. The second kappa shape index (κ2) is 18.6. The highest BCUT2D eigenvalue weighted by atomic mass is 16.7. The van der Waals surface area contributed by atoms with Crippen LogP contribution in [-0.2, 0) is 58.8 Å². The first-order valence-electron chi connectivity index (χ1n) is 23.8. The number of hydrogen-bond acceptors (Lipinski definition) is 13. The van der Waals surface area contributed by atoms with Crippen molar-refractivity contribution in [1.29, 1.82) is 0 Å². The van der Waals surface area contributed by atoms with E-state index in [4.69, 9.17) is 42.6 Å². The Bertz CT molecular complexity index is 1820. The van der Waals surface area contributed by atoms with Crippen molar-refractivity contribution in [2.45, 2.75) is 214 Å². The second-order valence-corrected chi connectivity index (χ2v) is 20.5. The van der Waals surface area contributed by atoms with E-state index in [1.54, 1.807) is 7.11 Å². The van der Waals surface area contributed by atoms with Crippen molar-refractivity contribution in [3.8, 4) is 0 Å².